The van der Waals surface area contributed by atoms with Crippen molar-refractivity contribution >= 4 is 12.1 Å². The van der Waals surface area contributed by atoms with Crippen LogP contribution in [0.15, 0.2) is 12.2 Å². The van der Waals surface area contributed by atoms with E-state index in [2.05, 4.69) is 21.4 Å². The maximum Gasteiger partial charge on any atom is 0.545 e. The highest BCUT2D eigenvalue weighted by molar-refractivity contribution is 5.87. The quantitative estimate of drug-likeness (QED) is 0.251. The van der Waals surface area contributed by atoms with Gasteiger partial charge in [-0.2, -0.15) is 4.89 Å². The van der Waals surface area contributed by atoms with Gasteiger partial charge < -0.3 is 9.47 Å². The van der Waals surface area contributed by atoms with Crippen LogP contribution >= 0.6 is 0 Å². The monoisotopic (exact) mass is 276 g/mol. The zero-order valence-electron chi connectivity index (χ0n) is 12.1. The van der Waals surface area contributed by atoms with E-state index in [1.165, 1.54) is 20.8 Å². The van der Waals surface area contributed by atoms with Crippen molar-refractivity contribution in [2.24, 2.45) is 0 Å². The summed E-state index contributed by atoms with van der Waals surface area (Å²) in [4.78, 5) is 31.4. The lowest BCUT2D eigenvalue weighted by Gasteiger charge is -2.24. The molecule has 0 bridgehead atoms. The molecule has 110 valence electrons. The second-order valence-electron chi connectivity index (χ2n) is 5.27. The molecule has 0 aromatic heterocycles. The van der Waals surface area contributed by atoms with E-state index in [0.29, 0.717) is 0 Å². The first kappa shape index (κ1) is 17.4. The fourth-order valence-corrected chi connectivity index (χ4v) is 0.696. The number of hydrogen-bond donors (Lipinski definition) is 0. The summed E-state index contributed by atoms with van der Waals surface area (Å²) in [6.07, 6.45) is -1.20. The average Bonchev–Trinajstić information content (AvgIpc) is 2.12. The maximum absolute atomic E-state index is 11.3. The van der Waals surface area contributed by atoms with Crippen molar-refractivity contribution in [2.75, 3.05) is 0 Å². The lowest BCUT2D eigenvalue weighted by Crippen LogP contribution is -2.34. The lowest BCUT2D eigenvalue weighted by atomic mass is 10.2. The Balaban J connectivity index is 4.17. The predicted octanol–water partition coefficient (Wildman–Crippen LogP) is 2.66. The van der Waals surface area contributed by atoms with Gasteiger partial charge in [-0.3, -0.25) is 0 Å². The van der Waals surface area contributed by atoms with Crippen molar-refractivity contribution in [1.82, 2.24) is 0 Å². The molecule has 0 heterocycles. The van der Waals surface area contributed by atoms with E-state index in [1.54, 1.807) is 20.8 Å². The van der Waals surface area contributed by atoms with E-state index in [-0.39, 0.29) is 5.57 Å². The van der Waals surface area contributed by atoms with Gasteiger partial charge in [-0.15, -0.1) is 0 Å². The first-order valence-electron chi connectivity index (χ1n) is 5.57. The number of esters is 1. The third-order valence-electron chi connectivity index (χ3n) is 1.40. The van der Waals surface area contributed by atoms with E-state index in [0.717, 1.165) is 0 Å². The summed E-state index contributed by atoms with van der Waals surface area (Å²) in [6.45, 7) is 12.7. The zero-order valence-corrected chi connectivity index (χ0v) is 12.1. The van der Waals surface area contributed by atoms with E-state index in [1.807, 2.05) is 0 Å². The minimum atomic E-state index is -1.52. The molecule has 0 atom stereocenters. The molecule has 0 aliphatic heterocycles. The Hall–Kier alpha value is -1.60. The first-order valence-corrected chi connectivity index (χ1v) is 5.57. The van der Waals surface area contributed by atoms with Crippen molar-refractivity contribution in [1.29, 1.82) is 0 Å². The molecule has 0 rings (SSSR count). The second-order valence-corrected chi connectivity index (χ2v) is 5.27. The zero-order chi connectivity index (χ0) is 15.3. The highest BCUT2D eigenvalue weighted by atomic mass is 17.5. The Morgan fingerprint density at radius 3 is 1.95 bits per heavy atom. The first-order chi connectivity index (χ1) is 8.43. The van der Waals surface area contributed by atoms with Crippen LogP contribution in [0.25, 0.3) is 0 Å². The van der Waals surface area contributed by atoms with Crippen LogP contribution in [0.4, 0.5) is 4.79 Å². The van der Waals surface area contributed by atoms with Crippen LogP contribution in [-0.4, -0.2) is 23.5 Å². The van der Waals surface area contributed by atoms with Crippen LogP contribution in [0.2, 0.25) is 0 Å². The molecular weight excluding hydrogens is 256 g/mol. The lowest BCUT2D eigenvalue weighted by molar-refractivity contribution is -0.516. The van der Waals surface area contributed by atoms with Crippen LogP contribution in [0, 0.1) is 0 Å². The van der Waals surface area contributed by atoms with Gasteiger partial charge in [0.15, 0.2) is 0 Å². The molecule has 0 aromatic carbocycles. The van der Waals surface area contributed by atoms with Gasteiger partial charge in [0.25, 0.3) is 5.79 Å². The summed E-state index contributed by atoms with van der Waals surface area (Å²) in [5.74, 6) is -2.21. The topological polar surface area (TPSA) is 80.3 Å². The van der Waals surface area contributed by atoms with Gasteiger partial charge in [0, 0.05) is 19.4 Å². The minimum absolute atomic E-state index is 0.178. The third-order valence-corrected chi connectivity index (χ3v) is 1.40. The Kier molecular flexibility index (Phi) is 5.98. The smallest absolute Gasteiger partial charge is 0.420 e. The molecule has 0 fully saturated rings. The highest BCUT2D eigenvalue weighted by Crippen LogP contribution is 2.15. The Morgan fingerprint density at radius 2 is 1.53 bits per heavy atom. The van der Waals surface area contributed by atoms with E-state index < -0.39 is 23.5 Å². The summed E-state index contributed by atoms with van der Waals surface area (Å²) < 4.78 is 9.58. The van der Waals surface area contributed by atoms with Gasteiger partial charge in [-0.05, 0) is 32.7 Å². The van der Waals surface area contributed by atoms with Crippen molar-refractivity contribution in [3.63, 3.8) is 0 Å². The van der Waals surface area contributed by atoms with Gasteiger partial charge in [0.2, 0.25) is 0 Å². The van der Waals surface area contributed by atoms with Gasteiger partial charge in [0.05, 0.1) is 5.60 Å². The fraction of sp³-hybridized carbons (Fsp3) is 0.667. The van der Waals surface area contributed by atoms with Crippen molar-refractivity contribution in [3.8, 4) is 0 Å². The summed E-state index contributed by atoms with van der Waals surface area (Å²) in [7, 11) is 0. The second kappa shape index (κ2) is 6.53. The minimum Gasteiger partial charge on any atom is -0.420 e. The SMILES string of the molecule is C=C(C)C(=O)OC(C)(C)OC(=O)OOOC(C)(C)C. The molecule has 0 spiro atoms. The van der Waals surface area contributed by atoms with Crippen molar-refractivity contribution < 1.29 is 33.9 Å². The fourth-order valence-electron chi connectivity index (χ4n) is 0.696. The molecule has 7 nitrogen and oxygen atoms in total. The number of ether oxygens (including phenoxy) is 2. The molecule has 0 N–H and O–H groups in total. The molecule has 0 aliphatic rings. The number of carbonyl (C=O) groups is 2. The molecule has 0 aliphatic carbocycles. The van der Waals surface area contributed by atoms with Crippen molar-refractivity contribution in [2.45, 2.75) is 52.9 Å². The molecular formula is C12H20O7. The van der Waals surface area contributed by atoms with E-state index in [4.69, 9.17) is 9.47 Å². The summed E-state index contributed by atoms with van der Waals surface area (Å²) in [5, 5.41) is 4.23. The molecule has 0 amide bonds. The standard InChI is InChI=1S/C12H20O7/c1-8(2)9(13)15-12(6,7)16-10(14)17-19-18-11(3,4)5/h1H2,2-7H3. The average molecular weight is 276 g/mol. The number of rotatable bonds is 5. The van der Waals surface area contributed by atoms with E-state index in [9.17, 15) is 9.59 Å². The Bertz CT molecular complexity index is 352. The van der Waals surface area contributed by atoms with Crippen molar-refractivity contribution in [3.05, 3.63) is 12.2 Å². The molecule has 0 aromatic rings. The third kappa shape index (κ3) is 9.04. The molecule has 19 heavy (non-hydrogen) atoms. The summed E-state index contributed by atoms with van der Waals surface area (Å²) in [5.41, 5.74) is -0.472. The molecule has 0 saturated carbocycles. The Labute approximate surface area is 112 Å². The molecule has 0 radical (unpaired) electrons. The van der Waals surface area contributed by atoms with E-state index >= 15 is 0 Å². The van der Waals surface area contributed by atoms with Crippen LogP contribution in [-0.2, 0) is 29.1 Å². The van der Waals surface area contributed by atoms with Gasteiger partial charge >= 0.3 is 12.1 Å². The predicted molar refractivity (Wildman–Crippen MR) is 64.5 cm³/mol. The highest BCUT2D eigenvalue weighted by Gasteiger charge is 2.29. The summed E-state index contributed by atoms with van der Waals surface area (Å²) in [6, 6.07) is 0. The van der Waals surface area contributed by atoms with Gasteiger partial charge in [-0.25, -0.2) is 14.5 Å². The van der Waals surface area contributed by atoms with Crippen LogP contribution < -0.4 is 0 Å². The van der Waals surface area contributed by atoms with Crippen LogP contribution in [0.5, 0.6) is 0 Å². The summed E-state index contributed by atoms with van der Waals surface area (Å²) >= 11 is 0. The molecule has 0 unspecified atom stereocenters. The Morgan fingerprint density at radius 1 is 1.00 bits per heavy atom. The maximum atomic E-state index is 11.3. The number of carbonyl (C=O) groups excluding carboxylic acids is 2. The van der Waals surface area contributed by atoms with Crippen LogP contribution in [0.1, 0.15) is 41.5 Å². The normalized spacial score (nSPS) is 11.7. The number of hydrogen-bond acceptors (Lipinski definition) is 7. The van der Waals surface area contributed by atoms with Crippen LogP contribution in [0.3, 0.4) is 0 Å². The largest absolute Gasteiger partial charge is 0.545 e. The van der Waals surface area contributed by atoms with Gasteiger partial charge in [-0.1, -0.05) is 6.58 Å². The molecule has 7 heteroatoms. The van der Waals surface area contributed by atoms with Gasteiger partial charge in [0.1, 0.15) is 0 Å². The molecule has 0 saturated heterocycles.